The van der Waals surface area contributed by atoms with Gasteiger partial charge in [-0.2, -0.15) is 5.26 Å². The minimum absolute atomic E-state index is 0.232. The van der Waals surface area contributed by atoms with Crippen molar-refractivity contribution in [1.82, 2.24) is 19.5 Å². The van der Waals surface area contributed by atoms with Crippen LogP contribution in [-0.4, -0.2) is 37.3 Å². The first-order valence-electron chi connectivity index (χ1n) is 10.2. The topological polar surface area (TPSA) is 99.7 Å². The maximum atomic E-state index is 9.66. The van der Waals surface area contributed by atoms with Crippen molar-refractivity contribution in [2.24, 2.45) is 5.92 Å². The van der Waals surface area contributed by atoms with Crippen molar-refractivity contribution in [3.8, 4) is 6.07 Å². The molecule has 3 heterocycles. The van der Waals surface area contributed by atoms with E-state index >= 15 is 0 Å². The number of imidazole rings is 1. The van der Waals surface area contributed by atoms with Gasteiger partial charge in [-0.15, -0.1) is 0 Å². The molecule has 0 aliphatic heterocycles. The van der Waals surface area contributed by atoms with Gasteiger partial charge in [0.15, 0.2) is 10.8 Å². The van der Waals surface area contributed by atoms with E-state index in [-0.39, 0.29) is 6.61 Å². The Morgan fingerprint density at radius 1 is 1.20 bits per heavy atom. The van der Waals surface area contributed by atoms with E-state index in [1.165, 1.54) is 12.8 Å². The molecule has 3 aromatic heterocycles. The fourth-order valence-corrected chi connectivity index (χ4v) is 5.22. The summed E-state index contributed by atoms with van der Waals surface area (Å²) in [6.07, 6.45) is 7.90. The van der Waals surface area contributed by atoms with Gasteiger partial charge >= 0.3 is 0 Å². The lowest BCUT2D eigenvalue weighted by Crippen LogP contribution is -2.34. The predicted octanol–water partition coefficient (Wildman–Crippen LogP) is 3.92. The summed E-state index contributed by atoms with van der Waals surface area (Å²) in [5.41, 5.74) is 4.14. The van der Waals surface area contributed by atoms with E-state index in [2.05, 4.69) is 39.6 Å². The summed E-state index contributed by atoms with van der Waals surface area (Å²) in [4.78, 5) is 13.5. The van der Waals surface area contributed by atoms with E-state index < -0.39 is 0 Å². The molecule has 1 fully saturated rings. The average molecular weight is 419 g/mol. The Kier molecular flexibility index (Phi) is 5.07. The maximum absolute atomic E-state index is 9.66. The molecular formula is C22H22N6OS. The minimum atomic E-state index is 0.232. The van der Waals surface area contributed by atoms with E-state index in [0.717, 1.165) is 44.9 Å². The molecule has 7 nitrogen and oxygen atoms in total. The Balaban J connectivity index is 1.37. The van der Waals surface area contributed by atoms with Gasteiger partial charge in [0, 0.05) is 24.8 Å². The second-order valence-electron chi connectivity index (χ2n) is 7.85. The number of nitrogens with one attached hydrogen (secondary N) is 1. The number of anilines is 1. The monoisotopic (exact) mass is 418 g/mol. The Labute approximate surface area is 178 Å². The molecule has 0 saturated heterocycles. The summed E-state index contributed by atoms with van der Waals surface area (Å²) in [7, 11) is 0. The molecule has 1 aliphatic carbocycles. The van der Waals surface area contributed by atoms with Crippen LogP contribution in [0.3, 0.4) is 0 Å². The van der Waals surface area contributed by atoms with Gasteiger partial charge in [-0.3, -0.25) is 0 Å². The van der Waals surface area contributed by atoms with Crippen molar-refractivity contribution in [2.45, 2.75) is 38.3 Å². The van der Waals surface area contributed by atoms with Gasteiger partial charge in [0.05, 0.1) is 28.7 Å². The van der Waals surface area contributed by atoms with Crippen LogP contribution in [0.1, 0.15) is 36.8 Å². The summed E-state index contributed by atoms with van der Waals surface area (Å²) in [6, 6.07) is 10.5. The van der Waals surface area contributed by atoms with Gasteiger partial charge in [-0.05, 0) is 36.6 Å². The highest BCUT2D eigenvalue weighted by molar-refractivity contribution is 7.22. The van der Waals surface area contributed by atoms with Gasteiger partial charge < -0.3 is 15.0 Å². The van der Waals surface area contributed by atoms with Gasteiger partial charge in [0.1, 0.15) is 11.6 Å². The number of rotatable bonds is 5. The highest BCUT2D eigenvalue weighted by Gasteiger charge is 2.25. The number of nitrogens with zero attached hydrogens (tertiary/aromatic N) is 5. The number of hydrogen-bond acceptors (Lipinski definition) is 7. The van der Waals surface area contributed by atoms with Crippen molar-refractivity contribution >= 4 is 37.8 Å². The smallest absolute Gasteiger partial charge is 0.184 e. The van der Waals surface area contributed by atoms with E-state index in [1.54, 1.807) is 29.9 Å². The zero-order chi connectivity index (χ0) is 20.5. The molecule has 1 aliphatic rings. The summed E-state index contributed by atoms with van der Waals surface area (Å²) >= 11 is 1.66. The van der Waals surface area contributed by atoms with Gasteiger partial charge in [0.2, 0.25) is 0 Å². The standard InChI is InChI=1S/C22H22N6OS/c23-9-15-7-19-21(24-10-15)28(13-25-19)11-14-5-6-18-20(8-14)30-22(27-18)26-17-4-2-1-3-16(17)12-29/h5-8,10,13,16-17,29H,1-4,11-12H2,(H,26,27)/t16-,17+/m0/s1. The zero-order valence-electron chi connectivity index (χ0n) is 16.5. The summed E-state index contributed by atoms with van der Waals surface area (Å²) < 4.78 is 3.13. The van der Waals surface area contributed by atoms with Gasteiger partial charge in [0.25, 0.3) is 0 Å². The normalized spacial score (nSPS) is 19.2. The number of benzene rings is 1. The molecule has 2 atom stereocenters. The first kappa shape index (κ1) is 19.0. The molecule has 2 N–H and O–H groups in total. The molecule has 0 amide bonds. The third-order valence-corrected chi connectivity index (χ3v) is 6.79. The van der Waals surface area contributed by atoms with Crippen molar-refractivity contribution < 1.29 is 5.11 Å². The van der Waals surface area contributed by atoms with E-state index in [0.29, 0.717) is 24.1 Å². The molecule has 1 saturated carbocycles. The quantitative estimate of drug-likeness (QED) is 0.509. The van der Waals surface area contributed by atoms with E-state index in [1.807, 2.05) is 4.57 Å². The van der Waals surface area contributed by atoms with Crippen LogP contribution in [0.4, 0.5) is 5.13 Å². The highest BCUT2D eigenvalue weighted by atomic mass is 32.1. The van der Waals surface area contributed by atoms with Crippen LogP contribution >= 0.6 is 11.3 Å². The Morgan fingerprint density at radius 2 is 2.10 bits per heavy atom. The first-order chi connectivity index (χ1) is 14.7. The van der Waals surface area contributed by atoms with Crippen LogP contribution in [0.25, 0.3) is 21.4 Å². The maximum Gasteiger partial charge on any atom is 0.184 e. The molecule has 30 heavy (non-hydrogen) atoms. The Morgan fingerprint density at radius 3 is 2.97 bits per heavy atom. The molecule has 0 radical (unpaired) electrons. The summed E-state index contributed by atoms with van der Waals surface area (Å²) in [5.74, 6) is 0.310. The second-order valence-corrected chi connectivity index (χ2v) is 8.88. The number of aliphatic hydroxyl groups is 1. The predicted molar refractivity (Wildman–Crippen MR) is 117 cm³/mol. The molecule has 0 unspecified atom stereocenters. The lowest BCUT2D eigenvalue weighted by atomic mass is 9.85. The lowest BCUT2D eigenvalue weighted by Gasteiger charge is -2.30. The molecule has 8 heteroatoms. The third kappa shape index (κ3) is 3.62. The second kappa shape index (κ2) is 8.01. The average Bonchev–Trinajstić information content (AvgIpc) is 3.36. The number of hydrogen-bond donors (Lipinski definition) is 2. The molecular weight excluding hydrogens is 396 g/mol. The molecule has 5 rings (SSSR count). The van der Waals surface area contributed by atoms with Crippen LogP contribution in [0.15, 0.2) is 36.8 Å². The number of aromatic nitrogens is 4. The largest absolute Gasteiger partial charge is 0.396 e. The molecule has 0 bridgehead atoms. The number of thiazole rings is 1. The third-order valence-electron chi connectivity index (χ3n) is 5.84. The minimum Gasteiger partial charge on any atom is -0.396 e. The van der Waals surface area contributed by atoms with Crippen LogP contribution in [0.2, 0.25) is 0 Å². The fraction of sp³-hybridized carbons (Fsp3) is 0.364. The Bertz CT molecular complexity index is 1240. The van der Waals surface area contributed by atoms with Crippen molar-refractivity contribution in [3.63, 3.8) is 0 Å². The Hall–Kier alpha value is -3.02. The molecule has 1 aromatic carbocycles. The van der Waals surface area contributed by atoms with Crippen molar-refractivity contribution in [3.05, 3.63) is 47.9 Å². The summed E-state index contributed by atoms with van der Waals surface area (Å²) in [6.45, 7) is 0.886. The zero-order valence-corrected chi connectivity index (χ0v) is 17.3. The highest BCUT2D eigenvalue weighted by Crippen LogP contribution is 2.32. The number of aliphatic hydroxyl groups excluding tert-OH is 1. The molecule has 4 aromatic rings. The number of pyridine rings is 1. The summed E-state index contributed by atoms with van der Waals surface area (Å²) in [5, 5.41) is 23.2. The van der Waals surface area contributed by atoms with Crippen molar-refractivity contribution in [1.29, 1.82) is 5.26 Å². The van der Waals surface area contributed by atoms with Crippen LogP contribution < -0.4 is 5.32 Å². The van der Waals surface area contributed by atoms with Crippen LogP contribution in [0, 0.1) is 17.2 Å². The van der Waals surface area contributed by atoms with E-state index in [4.69, 9.17) is 10.2 Å². The molecule has 0 spiro atoms. The van der Waals surface area contributed by atoms with Gasteiger partial charge in [-0.25, -0.2) is 15.0 Å². The number of fused-ring (bicyclic) bond motifs is 2. The van der Waals surface area contributed by atoms with Gasteiger partial charge in [-0.1, -0.05) is 30.2 Å². The SMILES string of the molecule is N#Cc1cnc2c(c1)ncn2Cc1ccc2nc(N[C@@H]3CCCC[C@H]3CO)sc2c1. The van der Waals surface area contributed by atoms with Crippen molar-refractivity contribution in [2.75, 3.05) is 11.9 Å². The number of nitriles is 1. The van der Waals surface area contributed by atoms with Crippen LogP contribution in [0.5, 0.6) is 0 Å². The lowest BCUT2D eigenvalue weighted by molar-refractivity contribution is 0.178. The fourth-order valence-electron chi connectivity index (χ4n) is 4.23. The van der Waals surface area contributed by atoms with E-state index in [9.17, 15) is 5.11 Å². The first-order valence-corrected chi connectivity index (χ1v) is 11.0. The molecule has 152 valence electrons. The van der Waals surface area contributed by atoms with Crippen LogP contribution in [-0.2, 0) is 6.54 Å².